The van der Waals surface area contributed by atoms with E-state index in [4.69, 9.17) is 4.74 Å². The van der Waals surface area contributed by atoms with Gasteiger partial charge in [0.25, 0.3) is 0 Å². The largest absolute Gasteiger partial charge is 0.496 e. The van der Waals surface area contributed by atoms with E-state index in [2.05, 4.69) is 43.4 Å². The number of hydrogen-bond donors (Lipinski definition) is 0. The maximum absolute atomic E-state index is 5.46. The summed E-state index contributed by atoms with van der Waals surface area (Å²) in [5.41, 5.74) is 7.27. The van der Waals surface area contributed by atoms with Gasteiger partial charge in [-0.3, -0.25) is 4.98 Å². The van der Waals surface area contributed by atoms with E-state index in [9.17, 15) is 0 Å². The molecule has 0 radical (unpaired) electrons. The van der Waals surface area contributed by atoms with Crippen LogP contribution in [0.5, 0.6) is 5.75 Å². The van der Waals surface area contributed by atoms with Crippen LogP contribution in [0.4, 0.5) is 0 Å². The summed E-state index contributed by atoms with van der Waals surface area (Å²) in [7, 11) is 1.72. The van der Waals surface area contributed by atoms with E-state index < -0.39 is 0 Å². The highest BCUT2D eigenvalue weighted by Gasteiger charge is 2.12. The van der Waals surface area contributed by atoms with E-state index in [-0.39, 0.29) is 0 Å². The molecule has 3 heteroatoms. The van der Waals surface area contributed by atoms with E-state index in [1.165, 1.54) is 16.8 Å². The molecule has 0 saturated heterocycles. The minimum Gasteiger partial charge on any atom is -0.496 e. The third-order valence-electron chi connectivity index (χ3n) is 3.98. The van der Waals surface area contributed by atoms with Crippen molar-refractivity contribution in [3.05, 3.63) is 46.0 Å². The molecule has 0 saturated carbocycles. The fraction of sp³-hybridized carbons (Fsp3) is 0.438. The molecule has 0 atom stereocenters. The zero-order valence-corrected chi connectivity index (χ0v) is 12.7. The van der Waals surface area contributed by atoms with E-state index in [0.29, 0.717) is 0 Å². The highest BCUT2D eigenvalue weighted by atomic mass is 16.5. The first-order valence-electron chi connectivity index (χ1n) is 6.57. The molecular formula is C16H22N2O. The van der Waals surface area contributed by atoms with Gasteiger partial charge in [0, 0.05) is 29.2 Å². The second-order valence-corrected chi connectivity index (χ2v) is 5.20. The molecule has 19 heavy (non-hydrogen) atoms. The van der Waals surface area contributed by atoms with Crippen molar-refractivity contribution in [3.8, 4) is 5.75 Å². The second-order valence-electron chi connectivity index (χ2n) is 5.20. The van der Waals surface area contributed by atoms with Crippen LogP contribution >= 0.6 is 0 Å². The molecule has 0 amide bonds. The summed E-state index contributed by atoms with van der Waals surface area (Å²) in [4.78, 5) is 4.56. The Bertz CT molecular complexity index is 612. The average molecular weight is 258 g/mol. The van der Waals surface area contributed by atoms with Gasteiger partial charge in [-0.15, -0.1) is 0 Å². The molecule has 3 nitrogen and oxygen atoms in total. The van der Waals surface area contributed by atoms with E-state index in [0.717, 1.165) is 29.1 Å². The second kappa shape index (κ2) is 5.08. The Morgan fingerprint density at radius 3 is 2.26 bits per heavy atom. The SMILES string of the molecule is COc1c(C)cnc(Cn2cc(C)c(C)c2C)c1C. The fourth-order valence-electron chi connectivity index (χ4n) is 2.48. The zero-order valence-electron chi connectivity index (χ0n) is 12.7. The minimum atomic E-state index is 0.795. The number of aryl methyl sites for hydroxylation is 2. The van der Waals surface area contributed by atoms with Gasteiger partial charge in [-0.05, 0) is 45.7 Å². The predicted molar refractivity (Wildman–Crippen MR) is 78.0 cm³/mol. The number of nitrogens with zero attached hydrogens (tertiary/aromatic N) is 2. The summed E-state index contributed by atoms with van der Waals surface area (Å²) < 4.78 is 7.72. The number of methoxy groups -OCH3 is 1. The number of aromatic nitrogens is 2. The first kappa shape index (κ1) is 13.7. The van der Waals surface area contributed by atoms with Crippen molar-refractivity contribution >= 4 is 0 Å². The van der Waals surface area contributed by atoms with Gasteiger partial charge < -0.3 is 9.30 Å². The first-order chi connectivity index (χ1) is 8.95. The Morgan fingerprint density at radius 2 is 1.74 bits per heavy atom. The van der Waals surface area contributed by atoms with Crippen molar-refractivity contribution in [3.63, 3.8) is 0 Å². The summed E-state index contributed by atoms with van der Waals surface area (Å²) in [5, 5.41) is 0. The molecule has 0 bridgehead atoms. The third kappa shape index (κ3) is 2.37. The number of pyridine rings is 1. The maximum atomic E-state index is 5.46. The average Bonchev–Trinajstić information content (AvgIpc) is 2.61. The summed E-state index contributed by atoms with van der Waals surface area (Å²) in [6, 6.07) is 0. The van der Waals surface area contributed by atoms with Crippen LogP contribution in [0.15, 0.2) is 12.4 Å². The van der Waals surface area contributed by atoms with E-state index in [1.807, 2.05) is 13.1 Å². The van der Waals surface area contributed by atoms with Crippen LogP contribution in [0.3, 0.4) is 0 Å². The number of hydrogen-bond acceptors (Lipinski definition) is 2. The topological polar surface area (TPSA) is 27.1 Å². The molecule has 0 aromatic carbocycles. The van der Waals surface area contributed by atoms with Crippen molar-refractivity contribution in [2.45, 2.75) is 41.2 Å². The van der Waals surface area contributed by atoms with Crippen LogP contribution < -0.4 is 4.74 Å². The first-order valence-corrected chi connectivity index (χ1v) is 6.57. The van der Waals surface area contributed by atoms with Crippen LogP contribution in [-0.2, 0) is 6.54 Å². The van der Waals surface area contributed by atoms with Crippen LogP contribution in [0.25, 0.3) is 0 Å². The molecule has 0 aliphatic heterocycles. The smallest absolute Gasteiger partial charge is 0.128 e. The Balaban J connectivity index is 2.41. The summed E-state index contributed by atoms with van der Waals surface area (Å²) in [5.74, 6) is 0.947. The number of rotatable bonds is 3. The van der Waals surface area contributed by atoms with Gasteiger partial charge in [0.1, 0.15) is 5.75 Å². The molecule has 0 N–H and O–H groups in total. The molecule has 2 heterocycles. The lowest BCUT2D eigenvalue weighted by atomic mass is 10.1. The van der Waals surface area contributed by atoms with Crippen LogP contribution in [0, 0.1) is 34.6 Å². The van der Waals surface area contributed by atoms with Crippen molar-refractivity contribution in [2.75, 3.05) is 7.11 Å². The highest BCUT2D eigenvalue weighted by Crippen LogP contribution is 2.25. The molecule has 2 rings (SSSR count). The Labute approximate surface area is 115 Å². The van der Waals surface area contributed by atoms with E-state index >= 15 is 0 Å². The van der Waals surface area contributed by atoms with Crippen molar-refractivity contribution in [2.24, 2.45) is 0 Å². The summed E-state index contributed by atoms with van der Waals surface area (Å²) in [6.07, 6.45) is 4.08. The standard InChI is InChI=1S/C16H22N2O/c1-10-7-17-15(13(4)16(10)19-6)9-18-8-11(2)12(3)14(18)5/h7-8H,9H2,1-6H3. The lowest BCUT2D eigenvalue weighted by Gasteiger charge is -2.13. The van der Waals surface area contributed by atoms with Gasteiger partial charge in [0.2, 0.25) is 0 Å². The van der Waals surface area contributed by atoms with Gasteiger partial charge in [-0.1, -0.05) is 0 Å². The van der Waals surface area contributed by atoms with Gasteiger partial charge >= 0.3 is 0 Å². The quantitative estimate of drug-likeness (QED) is 0.842. The molecule has 102 valence electrons. The molecule has 2 aromatic rings. The monoisotopic (exact) mass is 258 g/mol. The number of ether oxygens (including phenoxy) is 1. The molecule has 2 aromatic heterocycles. The summed E-state index contributed by atoms with van der Waals surface area (Å²) in [6.45, 7) is 11.4. The Kier molecular flexibility index (Phi) is 3.65. The lowest BCUT2D eigenvalue weighted by Crippen LogP contribution is -2.06. The van der Waals surface area contributed by atoms with Gasteiger partial charge in [-0.25, -0.2) is 0 Å². The van der Waals surface area contributed by atoms with Crippen LogP contribution in [0.2, 0.25) is 0 Å². The van der Waals surface area contributed by atoms with Gasteiger partial charge in [0.05, 0.1) is 19.3 Å². The molecule has 0 spiro atoms. The van der Waals surface area contributed by atoms with Gasteiger partial charge in [0.15, 0.2) is 0 Å². The molecule has 0 unspecified atom stereocenters. The van der Waals surface area contributed by atoms with Crippen LogP contribution in [0.1, 0.15) is 33.6 Å². The third-order valence-corrected chi connectivity index (χ3v) is 3.98. The normalized spacial score (nSPS) is 10.8. The van der Waals surface area contributed by atoms with Crippen LogP contribution in [-0.4, -0.2) is 16.7 Å². The van der Waals surface area contributed by atoms with Crippen molar-refractivity contribution in [1.82, 2.24) is 9.55 Å². The molecule has 0 aliphatic carbocycles. The van der Waals surface area contributed by atoms with Crippen molar-refractivity contribution in [1.29, 1.82) is 0 Å². The molecular weight excluding hydrogens is 236 g/mol. The maximum Gasteiger partial charge on any atom is 0.128 e. The predicted octanol–water partition coefficient (Wildman–Crippen LogP) is 3.48. The van der Waals surface area contributed by atoms with Gasteiger partial charge in [-0.2, -0.15) is 0 Å². The highest BCUT2D eigenvalue weighted by molar-refractivity contribution is 5.41. The lowest BCUT2D eigenvalue weighted by molar-refractivity contribution is 0.406. The Morgan fingerprint density at radius 1 is 1.05 bits per heavy atom. The molecule has 0 fully saturated rings. The molecule has 0 aliphatic rings. The van der Waals surface area contributed by atoms with Crippen molar-refractivity contribution < 1.29 is 4.74 Å². The van der Waals surface area contributed by atoms with E-state index in [1.54, 1.807) is 7.11 Å². The summed E-state index contributed by atoms with van der Waals surface area (Å²) >= 11 is 0. The fourth-order valence-corrected chi connectivity index (χ4v) is 2.48. The zero-order chi connectivity index (χ0) is 14.2. The Hall–Kier alpha value is -1.77. The minimum absolute atomic E-state index is 0.795.